The summed E-state index contributed by atoms with van der Waals surface area (Å²) in [6.07, 6.45) is -0.489. The van der Waals surface area contributed by atoms with E-state index in [1.54, 1.807) is 27.8 Å². The minimum atomic E-state index is -4.25. The summed E-state index contributed by atoms with van der Waals surface area (Å²) in [6, 6.07) is 13.5. The molecule has 1 aliphatic heterocycles. The number of benzene rings is 2. The summed E-state index contributed by atoms with van der Waals surface area (Å²) in [5, 5.41) is 18.0. The van der Waals surface area contributed by atoms with Crippen LogP contribution in [-0.4, -0.2) is 92.0 Å². The summed E-state index contributed by atoms with van der Waals surface area (Å²) in [5.41, 5.74) is -2.43. The van der Waals surface area contributed by atoms with E-state index in [2.05, 4.69) is 10.6 Å². The van der Waals surface area contributed by atoms with Crippen molar-refractivity contribution in [3.05, 3.63) is 54.1 Å². The van der Waals surface area contributed by atoms with E-state index >= 15 is 0 Å². The number of sulfonamides is 1. The lowest BCUT2D eigenvalue weighted by atomic mass is 9.88. The third-order valence-corrected chi connectivity index (χ3v) is 9.81. The number of hydrogen-bond acceptors (Lipinski definition) is 9. The Labute approximate surface area is 308 Å². The standard InChI is InChI=1S/C36H54N4O9S.ClH/c1-26(2)23-40(50(45,46)28-14-15-29-30(20-28)48-25-47-29)36(44,21-27-12-10-9-11-13-27)17-18-37-32(42)22-35(6,7)24-38-31(41)16-19-39(8)33(43)49-34(3,4)5;/h9-15,20,26,44H,16-19,21-25H2,1-8H3,(H,37,42)(H,38,41);1H. The third kappa shape index (κ3) is 13.5. The molecule has 3 N–H and O–H groups in total. The third-order valence-electron chi connectivity index (χ3n) is 7.89. The normalized spacial score (nSPS) is 14.0. The molecule has 1 heterocycles. The zero-order valence-corrected chi connectivity index (χ0v) is 32.6. The van der Waals surface area contributed by atoms with E-state index in [4.69, 9.17) is 14.2 Å². The van der Waals surface area contributed by atoms with Crippen molar-refractivity contribution in [2.24, 2.45) is 11.3 Å². The lowest BCUT2D eigenvalue weighted by Crippen LogP contribution is -2.55. The Bertz CT molecular complexity index is 1580. The van der Waals surface area contributed by atoms with E-state index in [0.29, 0.717) is 11.5 Å². The van der Waals surface area contributed by atoms with Crippen LogP contribution >= 0.6 is 12.4 Å². The van der Waals surface area contributed by atoms with Crippen LogP contribution in [0.1, 0.15) is 73.3 Å². The van der Waals surface area contributed by atoms with Crippen LogP contribution in [0.3, 0.4) is 0 Å². The molecule has 1 aliphatic rings. The van der Waals surface area contributed by atoms with Crippen LogP contribution in [0.4, 0.5) is 4.79 Å². The van der Waals surface area contributed by atoms with Crippen LogP contribution in [0.5, 0.6) is 11.5 Å². The number of hydrogen-bond donors (Lipinski definition) is 3. The van der Waals surface area contributed by atoms with Gasteiger partial charge in [-0.2, -0.15) is 4.31 Å². The summed E-state index contributed by atoms with van der Waals surface area (Å²) < 4.78 is 45.6. The second kappa shape index (κ2) is 18.3. The van der Waals surface area contributed by atoms with E-state index in [0.717, 1.165) is 9.87 Å². The Balaban J connectivity index is 0.00000901. The predicted molar refractivity (Wildman–Crippen MR) is 196 cm³/mol. The largest absolute Gasteiger partial charge is 0.454 e. The molecule has 3 rings (SSSR count). The van der Waals surface area contributed by atoms with E-state index in [1.165, 1.54) is 23.1 Å². The molecule has 3 amide bonds. The van der Waals surface area contributed by atoms with Gasteiger partial charge in [0.15, 0.2) is 11.5 Å². The molecule has 2 aromatic rings. The van der Waals surface area contributed by atoms with Gasteiger partial charge in [0.1, 0.15) is 11.3 Å². The molecule has 15 heteroatoms. The number of rotatable bonds is 17. The maximum Gasteiger partial charge on any atom is 0.410 e. The fraction of sp³-hybridized carbons (Fsp3) is 0.583. The van der Waals surface area contributed by atoms with Gasteiger partial charge in [0.05, 0.1) is 4.90 Å². The van der Waals surface area contributed by atoms with Gasteiger partial charge in [0, 0.05) is 65.0 Å². The molecule has 0 aromatic heterocycles. The number of aliphatic hydroxyl groups is 1. The maximum absolute atomic E-state index is 14.2. The van der Waals surface area contributed by atoms with Gasteiger partial charge in [-0.05, 0) is 49.8 Å². The highest BCUT2D eigenvalue weighted by Gasteiger charge is 2.43. The van der Waals surface area contributed by atoms with Gasteiger partial charge < -0.3 is 34.9 Å². The number of amides is 3. The number of carbonyl (C=O) groups is 3. The number of fused-ring (bicyclic) bond motifs is 1. The van der Waals surface area contributed by atoms with Crippen molar-refractivity contribution in [1.29, 1.82) is 0 Å². The minimum Gasteiger partial charge on any atom is -0.454 e. The fourth-order valence-electron chi connectivity index (χ4n) is 5.30. The molecule has 0 fully saturated rings. The monoisotopic (exact) mass is 754 g/mol. The summed E-state index contributed by atoms with van der Waals surface area (Å²) in [6.45, 7) is 13.1. The molecule has 1 atom stereocenters. The minimum absolute atomic E-state index is 0. The number of carbonyl (C=O) groups excluding carboxylic acids is 3. The van der Waals surface area contributed by atoms with Crippen LogP contribution in [0.2, 0.25) is 0 Å². The van der Waals surface area contributed by atoms with Crippen LogP contribution in [0, 0.1) is 11.3 Å². The summed E-state index contributed by atoms with van der Waals surface area (Å²) >= 11 is 0. The molecule has 0 saturated heterocycles. The molecule has 2 aromatic carbocycles. The van der Waals surface area contributed by atoms with E-state index in [1.807, 2.05) is 58.0 Å². The first-order chi connectivity index (χ1) is 23.2. The van der Waals surface area contributed by atoms with Crippen molar-refractivity contribution in [3.8, 4) is 11.5 Å². The van der Waals surface area contributed by atoms with E-state index in [9.17, 15) is 27.9 Å². The Morgan fingerprint density at radius 2 is 1.61 bits per heavy atom. The highest BCUT2D eigenvalue weighted by molar-refractivity contribution is 7.89. The quantitative estimate of drug-likeness (QED) is 0.194. The summed E-state index contributed by atoms with van der Waals surface area (Å²) in [5.74, 6) is 0.0273. The summed E-state index contributed by atoms with van der Waals surface area (Å²) in [4.78, 5) is 39.1. The topological polar surface area (TPSA) is 164 Å². The number of ether oxygens (including phenoxy) is 3. The smallest absolute Gasteiger partial charge is 0.410 e. The first kappa shape index (κ1) is 43.6. The lowest BCUT2D eigenvalue weighted by Gasteiger charge is -2.40. The molecule has 0 aliphatic carbocycles. The Morgan fingerprint density at radius 3 is 2.24 bits per heavy atom. The van der Waals surface area contributed by atoms with Crippen LogP contribution in [0.15, 0.2) is 53.4 Å². The lowest BCUT2D eigenvalue weighted by molar-refractivity contribution is -0.125. The molecule has 286 valence electrons. The average Bonchev–Trinajstić information content (AvgIpc) is 3.49. The van der Waals surface area contributed by atoms with Gasteiger partial charge in [0.2, 0.25) is 28.6 Å². The second-order valence-electron chi connectivity index (χ2n) is 15.0. The van der Waals surface area contributed by atoms with Crippen molar-refractivity contribution in [2.45, 2.75) is 90.4 Å². The first-order valence-corrected chi connectivity index (χ1v) is 18.3. The van der Waals surface area contributed by atoms with E-state index < -0.39 is 32.9 Å². The molecular weight excluding hydrogens is 700 g/mol. The Morgan fingerprint density at radius 1 is 0.961 bits per heavy atom. The zero-order valence-electron chi connectivity index (χ0n) is 31.0. The Hall–Kier alpha value is -3.59. The SMILES string of the molecule is CC(C)CN(C(O)(CCNC(=O)CC(C)(C)CNC(=O)CCN(C)C(=O)OC(C)(C)C)Cc1ccccc1)S(=O)(=O)c1ccc2c(c1)OCO2.Cl. The molecule has 0 saturated carbocycles. The highest BCUT2D eigenvalue weighted by Crippen LogP contribution is 2.37. The zero-order chi connectivity index (χ0) is 37.3. The first-order valence-electron chi connectivity index (χ1n) is 16.9. The van der Waals surface area contributed by atoms with Gasteiger partial charge in [0.25, 0.3) is 0 Å². The number of nitrogens with zero attached hydrogens (tertiary/aromatic N) is 2. The van der Waals surface area contributed by atoms with Crippen molar-refractivity contribution in [2.75, 3.05) is 40.0 Å². The van der Waals surface area contributed by atoms with Crippen LogP contribution in [-0.2, 0) is 30.8 Å². The molecule has 0 radical (unpaired) electrons. The van der Waals surface area contributed by atoms with Gasteiger partial charge in [-0.1, -0.05) is 58.0 Å². The van der Waals surface area contributed by atoms with Crippen molar-refractivity contribution in [3.63, 3.8) is 0 Å². The molecule has 51 heavy (non-hydrogen) atoms. The van der Waals surface area contributed by atoms with Crippen LogP contribution in [0.25, 0.3) is 0 Å². The Kier molecular flexibility index (Phi) is 15.6. The van der Waals surface area contributed by atoms with Gasteiger partial charge >= 0.3 is 6.09 Å². The molecule has 0 spiro atoms. The molecule has 1 unspecified atom stereocenters. The average molecular weight is 755 g/mol. The second-order valence-corrected chi connectivity index (χ2v) is 16.8. The number of nitrogens with one attached hydrogen (secondary N) is 2. The molecule has 0 bridgehead atoms. The van der Waals surface area contributed by atoms with Crippen molar-refractivity contribution < 1.29 is 42.1 Å². The van der Waals surface area contributed by atoms with Crippen molar-refractivity contribution in [1.82, 2.24) is 19.8 Å². The maximum atomic E-state index is 14.2. The van der Waals surface area contributed by atoms with Gasteiger partial charge in [-0.3, -0.25) is 9.59 Å². The van der Waals surface area contributed by atoms with Crippen LogP contribution < -0.4 is 20.1 Å². The predicted octanol–water partition coefficient (Wildman–Crippen LogP) is 4.71. The highest BCUT2D eigenvalue weighted by atomic mass is 35.5. The van der Waals surface area contributed by atoms with E-state index in [-0.39, 0.29) is 93.7 Å². The molecular formula is C36H55ClN4O9S. The summed E-state index contributed by atoms with van der Waals surface area (Å²) in [7, 11) is -2.69. The number of halogens is 1. The van der Waals surface area contributed by atoms with Gasteiger partial charge in [-0.25, -0.2) is 13.2 Å². The fourth-order valence-corrected chi connectivity index (χ4v) is 7.15. The van der Waals surface area contributed by atoms with Crippen molar-refractivity contribution >= 4 is 40.3 Å². The molecule has 13 nitrogen and oxygen atoms in total. The van der Waals surface area contributed by atoms with Gasteiger partial charge in [-0.15, -0.1) is 12.4 Å².